The molecule has 0 spiro atoms. The third-order valence-corrected chi connectivity index (χ3v) is 10.6. The second-order valence-corrected chi connectivity index (χ2v) is 13.5. The van der Waals surface area contributed by atoms with Gasteiger partial charge < -0.3 is 11.1 Å². The first-order valence-electron chi connectivity index (χ1n) is 17.6. The van der Waals surface area contributed by atoms with Crippen LogP contribution in [0.4, 0.5) is 5.69 Å². The highest BCUT2D eigenvalue weighted by molar-refractivity contribution is 6.28. The standard InChI is InChI=1S/C49H34N2/c50-45(44-28-33-17-5-6-18-35(33)37-20-8-9-21-38(37)44)29-34(31-14-2-1-3-15-31)30-46-40-23-11-12-24-41(40)48-47-36-19-7-4-16-32(36)26-27-42(47)39-22-10-13-25-43(39)49(48)51-46/h1-30,46,51H,50H2/b34-30+,45-29-. The average Bonchev–Trinajstić information content (AvgIpc) is 3.20. The molecule has 51 heavy (non-hydrogen) atoms. The lowest BCUT2D eigenvalue weighted by molar-refractivity contribution is 0.980. The van der Waals surface area contributed by atoms with Gasteiger partial charge in [0.05, 0.1) is 11.7 Å². The summed E-state index contributed by atoms with van der Waals surface area (Å²) < 4.78 is 0. The summed E-state index contributed by atoms with van der Waals surface area (Å²) in [7, 11) is 0. The highest BCUT2D eigenvalue weighted by atomic mass is 14.9. The summed E-state index contributed by atoms with van der Waals surface area (Å²) in [5, 5.41) is 16.4. The van der Waals surface area contributed by atoms with E-state index in [1.807, 2.05) is 0 Å². The number of nitrogens with two attached hydrogens (primary N) is 1. The van der Waals surface area contributed by atoms with Crippen LogP contribution in [0.1, 0.15) is 22.7 Å². The molecule has 2 nitrogen and oxygen atoms in total. The van der Waals surface area contributed by atoms with Gasteiger partial charge in [0.2, 0.25) is 0 Å². The molecule has 9 aromatic rings. The van der Waals surface area contributed by atoms with Crippen LogP contribution in [-0.4, -0.2) is 0 Å². The molecule has 0 fully saturated rings. The van der Waals surface area contributed by atoms with Crippen molar-refractivity contribution >= 4 is 70.8 Å². The lowest BCUT2D eigenvalue weighted by atomic mass is 9.82. The quantitative estimate of drug-likeness (QED) is 0.147. The SMILES string of the molecule is N/C(=C\C(=C/C1Nc2c(c3c4ccccc4ccc3c3ccccc23)-c2ccccc21)c1ccccc1)c1cc2ccccc2c2ccccc12. The topological polar surface area (TPSA) is 38.0 Å². The lowest BCUT2D eigenvalue weighted by Gasteiger charge is -2.31. The number of benzene rings is 9. The van der Waals surface area contributed by atoms with Crippen LogP contribution in [0.3, 0.4) is 0 Å². The molecule has 1 aliphatic heterocycles. The predicted molar refractivity (Wildman–Crippen MR) is 219 cm³/mol. The largest absolute Gasteiger partial charge is 0.398 e. The molecule has 240 valence electrons. The highest BCUT2D eigenvalue weighted by Gasteiger charge is 2.28. The first-order chi connectivity index (χ1) is 25.2. The van der Waals surface area contributed by atoms with Crippen molar-refractivity contribution in [2.24, 2.45) is 5.73 Å². The van der Waals surface area contributed by atoms with Crippen molar-refractivity contribution in [3.8, 4) is 11.1 Å². The fourth-order valence-electron chi connectivity index (χ4n) is 8.32. The molecular formula is C49H34N2. The Kier molecular flexibility index (Phi) is 6.75. The Morgan fingerprint density at radius 2 is 1.12 bits per heavy atom. The molecule has 0 saturated carbocycles. The Morgan fingerprint density at radius 3 is 1.92 bits per heavy atom. The van der Waals surface area contributed by atoms with Gasteiger partial charge in [0.25, 0.3) is 0 Å². The van der Waals surface area contributed by atoms with Gasteiger partial charge in [-0.3, -0.25) is 0 Å². The molecule has 1 atom stereocenters. The van der Waals surface area contributed by atoms with Gasteiger partial charge in [0.15, 0.2) is 0 Å². The second-order valence-electron chi connectivity index (χ2n) is 13.5. The second kappa shape index (κ2) is 11.8. The predicted octanol–water partition coefficient (Wildman–Crippen LogP) is 12.7. The van der Waals surface area contributed by atoms with E-state index >= 15 is 0 Å². The van der Waals surface area contributed by atoms with Crippen LogP contribution in [0.2, 0.25) is 0 Å². The van der Waals surface area contributed by atoms with Crippen molar-refractivity contribution in [3.05, 3.63) is 199 Å². The monoisotopic (exact) mass is 650 g/mol. The van der Waals surface area contributed by atoms with E-state index in [1.165, 1.54) is 70.9 Å². The minimum absolute atomic E-state index is 0.0999. The van der Waals surface area contributed by atoms with Gasteiger partial charge in [-0.1, -0.05) is 164 Å². The number of allylic oxidation sites excluding steroid dienone is 2. The summed E-state index contributed by atoms with van der Waals surface area (Å²) in [6, 6.07) is 60.9. The van der Waals surface area contributed by atoms with Crippen molar-refractivity contribution in [3.63, 3.8) is 0 Å². The molecule has 1 unspecified atom stereocenters. The Morgan fingerprint density at radius 1 is 0.510 bits per heavy atom. The molecule has 0 aliphatic carbocycles. The summed E-state index contributed by atoms with van der Waals surface area (Å²) in [5.74, 6) is 0. The minimum Gasteiger partial charge on any atom is -0.398 e. The molecule has 0 saturated heterocycles. The molecule has 1 heterocycles. The average molecular weight is 651 g/mol. The number of fused-ring (bicyclic) bond motifs is 13. The van der Waals surface area contributed by atoms with Gasteiger partial charge in [-0.05, 0) is 83.6 Å². The number of hydrogen-bond acceptors (Lipinski definition) is 2. The Bertz CT molecular complexity index is 2900. The van der Waals surface area contributed by atoms with Gasteiger partial charge in [-0.2, -0.15) is 0 Å². The number of hydrogen-bond donors (Lipinski definition) is 2. The zero-order valence-electron chi connectivity index (χ0n) is 28.0. The van der Waals surface area contributed by atoms with Crippen molar-refractivity contribution in [1.82, 2.24) is 0 Å². The van der Waals surface area contributed by atoms with Crippen LogP contribution in [0.5, 0.6) is 0 Å². The first kappa shape index (κ1) is 29.3. The van der Waals surface area contributed by atoms with Crippen LogP contribution < -0.4 is 11.1 Å². The molecule has 2 heteroatoms. The molecule has 1 aliphatic rings. The van der Waals surface area contributed by atoms with Crippen LogP contribution in [0, 0.1) is 0 Å². The molecule has 9 aromatic carbocycles. The number of nitrogens with one attached hydrogen (secondary N) is 1. The maximum atomic E-state index is 7.16. The molecule has 3 N–H and O–H groups in total. The third-order valence-electron chi connectivity index (χ3n) is 10.6. The normalized spacial score (nSPS) is 14.5. The summed E-state index contributed by atoms with van der Waals surface area (Å²) in [6.45, 7) is 0. The van der Waals surface area contributed by atoms with Crippen molar-refractivity contribution in [1.29, 1.82) is 0 Å². The van der Waals surface area contributed by atoms with Crippen molar-refractivity contribution in [2.75, 3.05) is 5.32 Å². The van der Waals surface area contributed by atoms with Gasteiger partial charge >= 0.3 is 0 Å². The van der Waals surface area contributed by atoms with E-state index in [0.717, 1.165) is 27.8 Å². The Labute approximate surface area is 296 Å². The zero-order chi connectivity index (χ0) is 33.9. The van der Waals surface area contributed by atoms with Crippen molar-refractivity contribution < 1.29 is 0 Å². The fourth-order valence-corrected chi connectivity index (χ4v) is 8.32. The Balaban J connectivity index is 1.21. The minimum atomic E-state index is -0.0999. The summed E-state index contributed by atoms with van der Waals surface area (Å²) in [4.78, 5) is 0. The van der Waals surface area contributed by atoms with E-state index in [1.54, 1.807) is 0 Å². The molecular weight excluding hydrogens is 617 g/mol. The summed E-state index contributed by atoms with van der Waals surface area (Å²) in [5.41, 5.74) is 16.0. The van der Waals surface area contributed by atoms with Gasteiger partial charge in [0.1, 0.15) is 0 Å². The highest BCUT2D eigenvalue weighted by Crippen LogP contribution is 2.51. The van der Waals surface area contributed by atoms with E-state index in [0.29, 0.717) is 0 Å². The zero-order valence-corrected chi connectivity index (χ0v) is 28.0. The molecule has 10 rings (SSSR count). The van der Waals surface area contributed by atoms with Crippen LogP contribution in [-0.2, 0) is 0 Å². The lowest BCUT2D eigenvalue weighted by Crippen LogP contribution is -2.16. The maximum Gasteiger partial charge on any atom is 0.0713 e. The van der Waals surface area contributed by atoms with Gasteiger partial charge in [0, 0.05) is 27.6 Å². The summed E-state index contributed by atoms with van der Waals surface area (Å²) in [6.07, 6.45) is 4.52. The van der Waals surface area contributed by atoms with E-state index in [9.17, 15) is 0 Å². The maximum absolute atomic E-state index is 7.16. The van der Waals surface area contributed by atoms with Gasteiger partial charge in [-0.15, -0.1) is 0 Å². The van der Waals surface area contributed by atoms with Crippen LogP contribution >= 0.6 is 0 Å². The van der Waals surface area contributed by atoms with Crippen LogP contribution in [0.15, 0.2) is 182 Å². The first-order valence-corrected chi connectivity index (χ1v) is 17.6. The molecule has 0 amide bonds. The van der Waals surface area contributed by atoms with E-state index < -0.39 is 0 Å². The van der Waals surface area contributed by atoms with E-state index in [2.05, 4.69) is 187 Å². The fraction of sp³-hybridized carbons (Fsp3) is 0.0204. The smallest absolute Gasteiger partial charge is 0.0713 e. The molecule has 0 bridgehead atoms. The van der Waals surface area contributed by atoms with Crippen molar-refractivity contribution in [2.45, 2.75) is 6.04 Å². The molecule has 0 aromatic heterocycles. The van der Waals surface area contributed by atoms with Crippen LogP contribution in [0.25, 0.3) is 76.3 Å². The third kappa shape index (κ3) is 4.72. The van der Waals surface area contributed by atoms with Gasteiger partial charge in [-0.25, -0.2) is 0 Å². The van der Waals surface area contributed by atoms with E-state index in [-0.39, 0.29) is 6.04 Å². The number of anilines is 1. The summed E-state index contributed by atoms with van der Waals surface area (Å²) >= 11 is 0. The molecule has 0 radical (unpaired) electrons. The Hall–Kier alpha value is -6.64. The van der Waals surface area contributed by atoms with E-state index in [4.69, 9.17) is 5.73 Å². The number of rotatable bonds is 4.